The van der Waals surface area contributed by atoms with Crippen molar-refractivity contribution in [2.75, 3.05) is 0 Å². The molecule has 0 saturated carbocycles. The molecule has 1 atom stereocenters. The van der Waals surface area contributed by atoms with Gasteiger partial charge in [0.15, 0.2) is 0 Å². The first-order chi connectivity index (χ1) is 14.0. The predicted molar refractivity (Wildman–Crippen MR) is 107 cm³/mol. The summed E-state index contributed by atoms with van der Waals surface area (Å²) < 4.78 is 13.3. The van der Waals surface area contributed by atoms with Gasteiger partial charge in [-0.15, -0.1) is 0 Å². The highest BCUT2D eigenvalue weighted by Crippen LogP contribution is 2.19. The van der Waals surface area contributed by atoms with Crippen molar-refractivity contribution in [2.24, 2.45) is 0 Å². The number of aliphatic carboxylic acids is 1. The maximum atomic E-state index is 13.3. The van der Waals surface area contributed by atoms with Crippen LogP contribution in [0.4, 0.5) is 4.39 Å². The number of carboxylic acid groups (broad SMARTS) is 1. The van der Waals surface area contributed by atoms with Crippen molar-refractivity contribution in [1.29, 1.82) is 0 Å². The monoisotopic (exact) mass is 391 g/mol. The number of halogens is 1. The summed E-state index contributed by atoms with van der Waals surface area (Å²) in [4.78, 5) is 31.4. The van der Waals surface area contributed by atoms with Crippen LogP contribution < -0.4 is 5.32 Å². The smallest absolute Gasteiger partial charge is 0.326 e. The zero-order valence-corrected chi connectivity index (χ0v) is 15.4. The van der Waals surface area contributed by atoms with Gasteiger partial charge in [0.1, 0.15) is 17.7 Å². The summed E-state index contributed by atoms with van der Waals surface area (Å²) in [7, 11) is 0. The Morgan fingerprint density at radius 1 is 1.10 bits per heavy atom. The number of aromatic amines is 1. The minimum Gasteiger partial charge on any atom is -0.480 e. The molecule has 4 rings (SSSR count). The van der Waals surface area contributed by atoms with E-state index in [-0.39, 0.29) is 12.8 Å². The van der Waals surface area contributed by atoms with Gasteiger partial charge in [-0.1, -0.05) is 42.5 Å². The first-order valence-electron chi connectivity index (χ1n) is 9.12. The lowest BCUT2D eigenvalue weighted by Crippen LogP contribution is -2.43. The largest absolute Gasteiger partial charge is 0.480 e. The van der Waals surface area contributed by atoms with E-state index < -0.39 is 23.7 Å². The first kappa shape index (κ1) is 18.6. The molecule has 1 heterocycles. The highest BCUT2D eigenvalue weighted by molar-refractivity contribution is 5.91. The number of rotatable bonds is 6. The van der Waals surface area contributed by atoms with Gasteiger partial charge in [0.2, 0.25) is 5.91 Å². The second kappa shape index (κ2) is 7.71. The third-order valence-electron chi connectivity index (χ3n) is 4.75. The average molecular weight is 391 g/mol. The quantitative estimate of drug-likeness (QED) is 0.470. The highest BCUT2D eigenvalue weighted by Gasteiger charge is 2.22. The lowest BCUT2D eigenvalue weighted by atomic mass is 10.0. The molecular formula is C22H18FN3O3. The molecule has 1 amide bonds. The SMILES string of the molecule is O=C(Cc1cccc2ccccc12)N[C@H](Cc1nc2ccc(F)cc2[nH]1)C(=O)O. The molecule has 0 radical (unpaired) electrons. The van der Waals surface area contributed by atoms with Crippen LogP contribution in [0.15, 0.2) is 60.7 Å². The van der Waals surface area contributed by atoms with Crippen molar-refractivity contribution in [2.45, 2.75) is 18.9 Å². The number of hydrogen-bond donors (Lipinski definition) is 3. The van der Waals surface area contributed by atoms with Crippen LogP contribution >= 0.6 is 0 Å². The molecule has 7 heteroatoms. The summed E-state index contributed by atoms with van der Waals surface area (Å²) in [6.45, 7) is 0. The van der Waals surface area contributed by atoms with Crippen LogP contribution in [0, 0.1) is 5.82 Å². The molecular weight excluding hydrogens is 373 g/mol. The van der Waals surface area contributed by atoms with E-state index in [0.29, 0.717) is 16.9 Å². The van der Waals surface area contributed by atoms with E-state index in [1.807, 2.05) is 42.5 Å². The number of carboxylic acids is 1. The van der Waals surface area contributed by atoms with E-state index >= 15 is 0 Å². The third-order valence-corrected chi connectivity index (χ3v) is 4.75. The zero-order chi connectivity index (χ0) is 20.4. The number of nitrogens with one attached hydrogen (secondary N) is 2. The Balaban J connectivity index is 1.50. The van der Waals surface area contributed by atoms with Gasteiger partial charge in [0.25, 0.3) is 0 Å². The molecule has 0 spiro atoms. The van der Waals surface area contributed by atoms with Crippen molar-refractivity contribution < 1.29 is 19.1 Å². The normalized spacial score (nSPS) is 12.2. The molecule has 3 aromatic carbocycles. The van der Waals surface area contributed by atoms with E-state index in [0.717, 1.165) is 16.3 Å². The maximum Gasteiger partial charge on any atom is 0.326 e. The van der Waals surface area contributed by atoms with Crippen molar-refractivity contribution >= 4 is 33.7 Å². The lowest BCUT2D eigenvalue weighted by molar-refractivity contribution is -0.141. The maximum absolute atomic E-state index is 13.3. The summed E-state index contributed by atoms with van der Waals surface area (Å²) in [5.74, 6) is -1.60. The van der Waals surface area contributed by atoms with Crippen LogP contribution in [0.2, 0.25) is 0 Å². The first-order valence-corrected chi connectivity index (χ1v) is 9.12. The minimum atomic E-state index is -1.16. The van der Waals surface area contributed by atoms with Gasteiger partial charge in [-0.05, 0) is 34.5 Å². The topological polar surface area (TPSA) is 95.1 Å². The Bertz CT molecular complexity index is 1210. The van der Waals surface area contributed by atoms with Gasteiger partial charge in [-0.3, -0.25) is 4.79 Å². The van der Waals surface area contributed by atoms with Crippen LogP contribution in [-0.4, -0.2) is 33.0 Å². The van der Waals surface area contributed by atoms with Gasteiger partial charge >= 0.3 is 5.97 Å². The lowest BCUT2D eigenvalue weighted by Gasteiger charge is -2.14. The number of amides is 1. The van der Waals surface area contributed by atoms with Gasteiger partial charge in [0.05, 0.1) is 17.5 Å². The Hall–Kier alpha value is -3.74. The number of aromatic nitrogens is 2. The van der Waals surface area contributed by atoms with Gasteiger partial charge in [-0.2, -0.15) is 0 Å². The van der Waals surface area contributed by atoms with Crippen LogP contribution in [-0.2, 0) is 22.4 Å². The molecule has 0 saturated heterocycles. The molecule has 3 N–H and O–H groups in total. The number of hydrogen-bond acceptors (Lipinski definition) is 3. The second-order valence-electron chi connectivity index (χ2n) is 6.82. The van der Waals surface area contributed by atoms with Gasteiger partial charge in [-0.25, -0.2) is 14.2 Å². The van der Waals surface area contributed by atoms with E-state index in [1.165, 1.54) is 18.2 Å². The summed E-state index contributed by atoms with van der Waals surface area (Å²) in [5, 5.41) is 14.1. The summed E-state index contributed by atoms with van der Waals surface area (Å²) in [6, 6.07) is 16.3. The van der Waals surface area contributed by atoms with Crippen molar-refractivity contribution in [3.63, 3.8) is 0 Å². The molecule has 0 unspecified atom stereocenters. The molecule has 1 aromatic heterocycles. The van der Waals surface area contributed by atoms with Gasteiger partial charge in [0, 0.05) is 6.42 Å². The predicted octanol–water partition coefficient (Wildman–Crippen LogP) is 3.21. The number of carbonyl (C=O) groups excluding carboxylic acids is 1. The fourth-order valence-corrected chi connectivity index (χ4v) is 3.39. The number of nitrogens with zero attached hydrogens (tertiary/aromatic N) is 1. The summed E-state index contributed by atoms with van der Waals surface area (Å²) in [6.07, 6.45) is 0.0311. The van der Waals surface area contributed by atoms with E-state index in [4.69, 9.17) is 0 Å². The number of imidazole rings is 1. The molecule has 0 fully saturated rings. The molecule has 146 valence electrons. The number of carbonyl (C=O) groups is 2. The van der Waals surface area contributed by atoms with E-state index in [2.05, 4.69) is 15.3 Å². The Labute approximate surface area is 165 Å². The molecule has 0 aliphatic carbocycles. The van der Waals surface area contributed by atoms with Crippen molar-refractivity contribution in [1.82, 2.24) is 15.3 Å². The van der Waals surface area contributed by atoms with Crippen LogP contribution in [0.1, 0.15) is 11.4 Å². The molecule has 4 aromatic rings. The molecule has 0 aliphatic heterocycles. The Morgan fingerprint density at radius 3 is 2.72 bits per heavy atom. The molecule has 0 aliphatic rings. The Morgan fingerprint density at radius 2 is 1.90 bits per heavy atom. The number of H-pyrrole nitrogens is 1. The Kier molecular flexibility index (Phi) is 4.95. The standard InChI is InChI=1S/C22H18FN3O3/c23-15-8-9-17-18(11-15)25-20(24-17)12-19(22(28)29)26-21(27)10-14-6-3-5-13-4-1-2-7-16(13)14/h1-9,11,19H,10,12H2,(H,24,25)(H,26,27)(H,28,29)/t19-/m1/s1. The van der Waals surface area contributed by atoms with Crippen LogP contribution in [0.5, 0.6) is 0 Å². The molecule has 6 nitrogen and oxygen atoms in total. The fraction of sp³-hybridized carbons (Fsp3) is 0.136. The number of fused-ring (bicyclic) bond motifs is 2. The third kappa shape index (κ3) is 4.08. The zero-order valence-electron chi connectivity index (χ0n) is 15.4. The van der Waals surface area contributed by atoms with Gasteiger partial charge < -0.3 is 15.4 Å². The van der Waals surface area contributed by atoms with Crippen molar-refractivity contribution in [3.8, 4) is 0 Å². The summed E-state index contributed by atoms with van der Waals surface area (Å²) in [5.41, 5.74) is 1.84. The van der Waals surface area contributed by atoms with Crippen LogP contribution in [0.3, 0.4) is 0 Å². The van der Waals surface area contributed by atoms with E-state index in [1.54, 1.807) is 0 Å². The molecule has 29 heavy (non-hydrogen) atoms. The second-order valence-corrected chi connectivity index (χ2v) is 6.82. The minimum absolute atomic E-state index is 0.0348. The number of benzene rings is 3. The van der Waals surface area contributed by atoms with E-state index in [9.17, 15) is 19.1 Å². The molecule has 0 bridgehead atoms. The summed E-state index contributed by atoms with van der Waals surface area (Å²) >= 11 is 0. The highest BCUT2D eigenvalue weighted by atomic mass is 19.1. The van der Waals surface area contributed by atoms with Crippen LogP contribution in [0.25, 0.3) is 21.8 Å². The average Bonchev–Trinajstić information content (AvgIpc) is 3.09. The fourth-order valence-electron chi connectivity index (χ4n) is 3.39. The van der Waals surface area contributed by atoms with Crippen molar-refractivity contribution in [3.05, 3.63) is 77.9 Å².